The normalized spacial score (nSPS) is 12.0. The second-order valence-corrected chi connectivity index (χ2v) is 5.94. The van der Waals surface area contributed by atoms with Crippen molar-refractivity contribution in [3.05, 3.63) is 23.8 Å². The summed E-state index contributed by atoms with van der Waals surface area (Å²) in [6.45, 7) is 8.87. The fourth-order valence-corrected chi connectivity index (χ4v) is 3.44. The largest absolute Gasteiger partial charge is 0.356 e. The fraction of sp³-hybridized carbons (Fsp3) is 0.533. The van der Waals surface area contributed by atoms with Crippen LogP contribution >= 0.6 is 11.3 Å². The molecule has 2 nitrogen and oxygen atoms in total. The lowest BCUT2D eigenvalue weighted by atomic mass is 9.90. The Hall–Kier alpha value is -1.09. The van der Waals surface area contributed by atoms with Gasteiger partial charge < -0.3 is 5.32 Å². The standard InChI is InChI=1S/C15H22N2S/c1-5-15(6-2,7-3)17-14-16-13-11(4)9-8-10-12(13)18-14/h8-10H,5-7H2,1-4H3,(H,16,17). The summed E-state index contributed by atoms with van der Waals surface area (Å²) >= 11 is 1.76. The van der Waals surface area contributed by atoms with Gasteiger partial charge in [-0.1, -0.05) is 44.2 Å². The number of rotatable bonds is 5. The third-order valence-corrected chi connectivity index (χ3v) is 4.96. The van der Waals surface area contributed by atoms with Crippen LogP contribution in [0.4, 0.5) is 5.13 Å². The van der Waals surface area contributed by atoms with Crippen LogP contribution in [0.15, 0.2) is 18.2 Å². The van der Waals surface area contributed by atoms with Crippen LogP contribution in [0, 0.1) is 6.92 Å². The Bertz CT molecular complexity index is 518. The zero-order chi connectivity index (χ0) is 13.2. The van der Waals surface area contributed by atoms with Crippen LogP contribution in [-0.4, -0.2) is 10.5 Å². The summed E-state index contributed by atoms with van der Waals surface area (Å²) in [4.78, 5) is 4.75. The number of anilines is 1. The molecule has 0 aliphatic carbocycles. The van der Waals surface area contributed by atoms with Gasteiger partial charge in [-0.2, -0.15) is 0 Å². The third kappa shape index (κ3) is 2.37. The van der Waals surface area contributed by atoms with E-state index in [0.717, 1.165) is 29.9 Å². The summed E-state index contributed by atoms with van der Waals surface area (Å²) in [5.74, 6) is 0. The van der Waals surface area contributed by atoms with E-state index in [1.807, 2.05) is 0 Å². The van der Waals surface area contributed by atoms with Crippen molar-refractivity contribution in [1.29, 1.82) is 0 Å². The van der Waals surface area contributed by atoms with E-state index in [9.17, 15) is 0 Å². The van der Waals surface area contributed by atoms with Crippen LogP contribution in [0.3, 0.4) is 0 Å². The fourth-order valence-electron chi connectivity index (χ4n) is 2.38. The van der Waals surface area contributed by atoms with Crippen molar-refractivity contribution in [1.82, 2.24) is 4.98 Å². The topological polar surface area (TPSA) is 24.9 Å². The van der Waals surface area contributed by atoms with Gasteiger partial charge in [-0.25, -0.2) is 4.98 Å². The molecule has 0 aliphatic heterocycles. The Morgan fingerprint density at radius 2 is 1.83 bits per heavy atom. The molecule has 0 amide bonds. The average molecular weight is 262 g/mol. The maximum absolute atomic E-state index is 4.75. The predicted molar refractivity (Wildman–Crippen MR) is 81.6 cm³/mol. The molecular weight excluding hydrogens is 240 g/mol. The van der Waals surface area contributed by atoms with Crippen molar-refractivity contribution in [2.75, 3.05) is 5.32 Å². The lowest BCUT2D eigenvalue weighted by molar-refractivity contribution is 0.420. The van der Waals surface area contributed by atoms with Gasteiger partial charge in [-0.05, 0) is 37.8 Å². The van der Waals surface area contributed by atoms with E-state index in [-0.39, 0.29) is 5.54 Å². The smallest absolute Gasteiger partial charge is 0.184 e. The van der Waals surface area contributed by atoms with Crippen LogP contribution in [0.25, 0.3) is 10.2 Å². The van der Waals surface area contributed by atoms with Gasteiger partial charge in [-0.15, -0.1) is 0 Å². The highest BCUT2D eigenvalue weighted by Crippen LogP contribution is 2.32. The van der Waals surface area contributed by atoms with E-state index in [2.05, 4.69) is 51.2 Å². The minimum atomic E-state index is 0.196. The van der Waals surface area contributed by atoms with Crippen molar-refractivity contribution < 1.29 is 0 Å². The molecule has 2 aromatic rings. The molecule has 1 aromatic heterocycles. The molecule has 0 radical (unpaired) electrons. The van der Waals surface area contributed by atoms with Crippen molar-refractivity contribution in [2.24, 2.45) is 0 Å². The number of benzene rings is 1. The Balaban J connectivity index is 2.34. The van der Waals surface area contributed by atoms with Crippen LogP contribution in [0.2, 0.25) is 0 Å². The second kappa shape index (κ2) is 5.27. The van der Waals surface area contributed by atoms with Crippen LogP contribution in [0.1, 0.15) is 45.6 Å². The van der Waals surface area contributed by atoms with E-state index in [4.69, 9.17) is 4.98 Å². The summed E-state index contributed by atoms with van der Waals surface area (Å²) < 4.78 is 1.27. The molecule has 98 valence electrons. The molecule has 3 heteroatoms. The molecule has 2 rings (SSSR count). The Morgan fingerprint density at radius 3 is 2.39 bits per heavy atom. The number of aromatic nitrogens is 1. The molecule has 0 atom stereocenters. The monoisotopic (exact) mass is 262 g/mol. The molecule has 1 aromatic carbocycles. The molecule has 1 heterocycles. The van der Waals surface area contributed by atoms with Gasteiger partial charge in [0.1, 0.15) is 0 Å². The van der Waals surface area contributed by atoms with Gasteiger partial charge in [-0.3, -0.25) is 0 Å². The number of aryl methyl sites for hydroxylation is 1. The van der Waals surface area contributed by atoms with Crippen molar-refractivity contribution in [3.63, 3.8) is 0 Å². The summed E-state index contributed by atoms with van der Waals surface area (Å²) in [5, 5.41) is 4.73. The SMILES string of the molecule is CCC(CC)(CC)Nc1nc2c(C)cccc2s1. The van der Waals surface area contributed by atoms with Gasteiger partial charge in [0.2, 0.25) is 0 Å². The number of nitrogens with one attached hydrogen (secondary N) is 1. The highest BCUT2D eigenvalue weighted by molar-refractivity contribution is 7.22. The molecule has 0 aliphatic rings. The van der Waals surface area contributed by atoms with Gasteiger partial charge in [0.15, 0.2) is 5.13 Å². The van der Waals surface area contributed by atoms with Crippen molar-refractivity contribution in [3.8, 4) is 0 Å². The number of fused-ring (bicyclic) bond motifs is 1. The minimum absolute atomic E-state index is 0.196. The van der Waals surface area contributed by atoms with Crippen molar-refractivity contribution >= 4 is 26.7 Å². The maximum atomic E-state index is 4.75. The molecule has 0 fully saturated rings. The molecule has 0 bridgehead atoms. The molecule has 0 spiro atoms. The summed E-state index contributed by atoms with van der Waals surface area (Å²) in [7, 11) is 0. The zero-order valence-electron chi connectivity index (χ0n) is 11.7. The highest BCUT2D eigenvalue weighted by Gasteiger charge is 2.24. The van der Waals surface area contributed by atoms with Crippen LogP contribution in [-0.2, 0) is 0 Å². The number of hydrogen-bond acceptors (Lipinski definition) is 3. The maximum Gasteiger partial charge on any atom is 0.184 e. The van der Waals surface area contributed by atoms with E-state index in [0.29, 0.717) is 0 Å². The lowest BCUT2D eigenvalue weighted by Gasteiger charge is -2.31. The third-order valence-electron chi connectivity index (χ3n) is 4.02. The van der Waals surface area contributed by atoms with E-state index >= 15 is 0 Å². The molecule has 0 saturated carbocycles. The summed E-state index contributed by atoms with van der Waals surface area (Å²) in [5.41, 5.74) is 2.59. The molecule has 0 unspecified atom stereocenters. The Morgan fingerprint density at radius 1 is 1.17 bits per heavy atom. The lowest BCUT2D eigenvalue weighted by Crippen LogP contribution is -2.35. The highest BCUT2D eigenvalue weighted by atomic mass is 32.1. The van der Waals surface area contributed by atoms with Gasteiger partial charge in [0.05, 0.1) is 10.2 Å². The number of para-hydroxylation sites is 1. The molecular formula is C15H22N2S. The van der Waals surface area contributed by atoms with E-state index in [1.54, 1.807) is 11.3 Å². The molecule has 18 heavy (non-hydrogen) atoms. The van der Waals surface area contributed by atoms with Gasteiger partial charge >= 0.3 is 0 Å². The predicted octanol–water partition coefficient (Wildman–Crippen LogP) is 4.99. The quantitative estimate of drug-likeness (QED) is 0.821. The minimum Gasteiger partial charge on any atom is -0.356 e. The molecule has 1 N–H and O–H groups in total. The Kier molecular flexibility index (Phi) is 3.91. The van der Waals surface area contributed by atoms with Gasteiger partial charge in [0, 0.05) is 5.54 Å². The first kappa shape index (κ1) is 13.3. The summed E-state index contributed by atoms with van der Waals surface area (Å²) in [6, 6.07) is 6.38. The number of thiazole rings is 1. The zero-order valence-corrected chi connectivity index (χ0v) is 12.5. The first-order chi connectivity index (χ1) is 8.64. The molecule has 0 saturated heterocycles. The first-order valence-electron chi connectivity index (χ1n) is 6.78. The summed E-state index contributed by atoms with van der Waals surface area (Å²) in [6.07, 6.45) is 3.40. The van der Waals surface area contributed by atoms with Crippen molar-refractivity contribution in [2.45, 2.75) is 52.5 Å². The number of hydrogen-bond donors (Lipinski definition) is 1. The van der Waals surface area contributed by atoms with E-state index in [1.165, 1.54) is 10.3 Å². The number of nitrogens with zero attached hydrogens (tertiary/aromatic N) is 1. The van der Waals surface area contributed by atoms with E-state index < -0.39 is 0 Å². The Labute approximate surface area is 113 Å². The average Bonchev–Trinajstić information content (AvgIpc) is 2.80. The second-order valence-electron chi connectivity index (χ2n) is 4.91. The van der Waals surface area contributed by atoms with Crippen LogP contribution in [0.5, 0.6) is 0 Å². The van der Waals surface area contributed by atoms with Gasteiger partial charge in [0.25, 0.3) is 0 Å². The van der Waals surface area contributed by atoms with Crippen LogP contribution < -0.4 is 5.32 Å². The first-order valence-corrected chi connectivity index (χ1v) is 7.60.